The summed E-state index contributed by atoms with van der Waals surface area (Å²) in [6.45, 7) is 6.50. The summed E-state index contributed by atoms with van der Waals surface area (Å²) in [6, 6.07) is 13.1. The van der Waals surface area contributed by atoms with Crippen molar-refractivity contribution < 1.29 is 14.3 Å². The second-order valence-corrected chi connectivity index (χ2v) is 6.56. The second kappa shape index (κ2) is 9.21. The van der Waals surface area contributed by atoms with Crippen molar-refractivity contribution in [2.24, 2.45) is 0 Å². The number of hydrogen-bond donors (Lipinski definition) is 0. The molecule has 0 spiro atoms. The first-order valence-corrected chi connectivity index (χ1v) is 9.54. The standard InChI is InChI=1S/C21H26N4O3/c1-3-28-19-9-5-4-8-18(19)25(17(2)26)16-21(27)24-14-12-23(13-15-24)20-10-6-7-11-22-20/h4-11H,3,12-16H2,1-2H3. The van der Waals surface area contributed by atoms with Crippen LogP contribution in [0.3, 0.4) is 0 Å². The molecular weight excluding hydrogens is 356 g/mol. The number of ether oxygens (including phenoxy) is 1. The number of carbonyl (C=O) groups is 2. The van der Waals surface area contributed by atoms with Crippen LogP contribution in [0, 0.1) is 0 Å². The van der Waals surface area contributed by atoms with Crippen LogP contribution in [0.2, 0.25) is 0 Å². The Morgan fingerprint density at radius 2 is 1.79 bits per heavy atom. The number of amides is 2. The quantitative estimate of drug-likeness (QED) is 0.766. The third kappa shape index (κ3) is 4.60. The first-order chi connectivity index (χ1) is 13.6. The molecular formula is C21H26N4O3. The van der Waals surface area contributed by atoms with Crippen molar-refractivity contribution in [3.8, 4) is 5.75 Å². The fourth-order valence-electron chi connectivity index (χ4n) is 3.28. The van der Waals surface area contributed by atoms with Gasteiger partial charge in [0.15, 0.2) is 0 Å². The third-order valence-corrected chi connectivity index (χ3v) is 4.74. The van der Waals surface area contributed by atoms with E-state index in [0.29, 0.717) is 31.1 Å². The number of rotatable bonds is 6. The molecule has 0 saturated carbocycles. The summed E-state index contributed by atoms with van der Waals surface area (Å²) in [7, 11) is 0. The Kier molecular flexibility index (Phi) is 6.47. The topological polar surface area (TPSA) is 66.0 Å². The van der Waals surface area contributed by atoms with E-state index in [-0.39, 0.29) is 18.4 Å². The SMILES string of the molecule is CCOc1ccccc1N(CC(=O)N1CCN(c2ccccn2)CC1)C(C)=O. The summed E-state index contributed by atoms with van der Waals surface area (Å²) in [5.74, 6) is 1.27. The summed E-state index contributed by atoms with van der Waals surface area (Å²) in [6.07, 6.45) is 1.77. The van der Waals surface area contributed by atoms with Crippen molar-refractivity contribution >= 4 is 23.3 Å². The molecule has 28 heavy (non-hydrogen) atoms. The Labute approximate surface area is 165 Å². The Morgan fingerprint density at radius 3 is 2.43 bits per heavy atom. The van der Waals surface area contributed by atoms with E-state index in [0.717, 1.165) is 18.9 Å². The van der Waals surface area contributed by atoms with E-state index in [1.54, 1.807) is 17.2 Å². The van der Waals surface area contributed by atoms with Crippen molar-refractivity contribution in [2.75, 3.05) is 49.1 Å². The maximum Gasteiger partial charge on any atom is 0.242 e. The Hall–Kier alpha value is -3.09. The first kappa shape index (κ1) is 19.7. The molecule has 1 fully saturated rings. The molecule has 1 aromatic heterocycles. The lowest BCUT2D eigenvalue weighted by Gasteiger charge is -2.36. The average Bonchev–Trinajstić information content (AvgIpc) is 2.73. The van der Waals surface area contributed by atoms with Gasteiger partial charge in [-0.3, -0.25) is 14.5 Å². The molecule has 148 valence electrons. The maximum absolute atomic E-state index is 12.9. The van der Waals surface area contributed by atoms with Gasteiger partial charge in [0.05, 0.1) is 12.3 Å². The zero-order valence-corrected chi connectivity index (χ0v) is 16.4. The van der Waals surface area contributed by atoms with Crippen LogP contribution in [0.15, 0.2) is 48.7 Å². The van der Waals surface area contributed by atoms with Crippen molar-refractivity contribution in [2.45, 2.75) is 13.8 Å². The predicted octanol–water partition coefficient (Wildman–Crippen LogP) is 2.18. The highest BCUT2D eigenvalue weighted by atomic mass is 16.5. The van der Waals surface area contributed by atoms with E-state index < -0.39 is 0 Å². The molecule has 0 unspecified atom stereocenters. The zero-order valence-electron chi connectivity index (χ0n) is 16.4. The minimum absolute atomic E-state index is 0.00298. The normalized spacial score (nSPS) is 13.9. The van der Waals surface area contributed by atoms with Crippen LogP contribution >= 0.6 is 0 Å². The average molecular weight is 382 g/mol. The van der Waals surface area contributed by atoms with Gasteiger partial charge in [-0.15, -0.1) is 0 Å². The Morgan fingerprint density at radius 1 is 1.07 bits per heavy atom. The van der Waals surface area contributed by atoms with Crippen molar-refractivity contribution in [1.29, 1.82) is 0 Å². The highest BCUT2D eigenvalue weighted by Crippen LogP contribution is 2.28. The van der Waals surface area contributed by atoms with Crippen LogP contribution in [0.25, 0.3) is 0 Å². The van der Waals surface area contributed by atoms with E-state index in [2.05, 4.69) is 9.88 Å². The monoisotopic (exact) mass is 382 g/mol. The Balaban J connectivity index is 1.65. The summed E-state index contributed by atoms with van der Waals surface area (Å²) in [5.41, 5.74) is 0.623. The molecule has 0 radical (unpaired) electrons. The molecule has 0 atom stereocenters. The first-order valence-electron chi connectivity index (χ1n) is 9.54. The molecule has 1 aliphatic heterocycles. The lowest BCUT2D eigenvalue weighted by Crippen LogP contribution is -2.52. The van der Waals surface area contributed by atoms with E-state index in [1.807, 2.05) is 43.3 Å². The van der Waals surface area contributed by atoms with Gasteiger partial charge in [0.1, 0.15) is 18.1 Å². The van der Waals surface area contributed by atoms with Gasteiger partial charge in [-0.05, 0) is 31.2 Å². The number of nitrogens with zero attached hydrogens (tertiary/aromatic N) is 4. The molecule has 7 heteroatoms. The number of benzene rings is 1. The van der Waals surface area contributed by atoms with Crippen LogP contribution in [0.4, 0.5) is 11.5 Å². The summed E-state index contributed by atoms with van der Waals surface area (Å²) >= 11 is 0. The zero-order chi connectivity index (χ0) is 19.9. The molecule has 1 aromatic carbocycles. The number of piperazine rings is 1. The van der Waals surface area contributed by atoms with Crippen molar-refractivity contribution in [3.05, 3.63) is 48.7 Å². The van der Waals surface area contributed by atoms with E-state index in [9.17, 15) is 9.59 Å². The molecule has 2 amide bonds. The molecule has 7 nitrogen and oxygen atoms in total. The van der Waals surface area contributed by atoms with Gasteiger partial charge in [-0.1, -0.05) is 18.2 Å². The van der Waals surface area contributed by atoms with Crippen LogP contribution in [0.1, 0.15) is 13.8 Å². The van der Waals surface area contributed by atoms with E-state index >= 15 is 0 Å². The molecule has 0 aliphatic carbocycles. The van der Waals surface area contributed by atoms with Gasteiger partial charge >= 0.3 is 0 Å². The number of pyridine rings is 1. The molecule has 0 bridgehead atoms. The summed E-state index contributed by atoms with van der Waals surface area (Å²) < 4.78 is 5.63. The van der Waals surface area contributed by atoms with Crippen molar-refractivity contribution in [3.63, 3.8) is 0 Å². The highest BCUT2D eigenvalue weighted by Gasteiger charge is 2.26. The third-order valence-electron chi connectivity index (χ3n) is 4.74. The van der Waals surface area contributed by atoms with E-state index in [1.165, 1.54) is 11.8 Å². The van der Waals surface area contributed by atoms with Crippen LogP contribution in [-0.2, 0) is 9.59 Å². The minimum atomic E-state index is -0.187. The number of anilines is 2. The number of carbonyl (C=O) groups excluding carboxylic acids is 2. The number of aromatic nitrogens is 1. The molecule has 3 rings (SSSR count). The van der Waals surface area contributed by atoms with Gasteiger partial charge in [-0.25, -0.2) is 4.98 Å². The summed E-state index contributed by atoms with van der Waals surface area (Å²) in [5, 5.41) is 0. The lowest BCUT2D eigenvalue weighted by atomic mass is 10.2. The maximum atomic E-state index is 12.9. The van der Waals surface area contributed by atoms with Gasteiger partial charge in [-0.2, -0.15) is 0 Å². The smallest absolute Gasteiger partial charge is 0.242 e. The molecule has 1 aliphatic rings. The highest BCUT2D eigenvalue weighted by molar-refractivity contribution is 5.98. The largest absolute Gasteiger partial charge is 0.492 e. The fraction of sp³-hybridized carbons (Fsp3) is 0.381. The lowest BCUT2D eigenvalue weighted by molar-refractivity contribution is -0.131. The number of para-hydroxylation sites is 2. The van der Waals surface area contributed by atoms with Crippen LogP contribution in [-0.4, -0.2) is 61.0 Å². The number of hydrogen-bond acceptors (Lipinski definition) is 5. The molecule has 1 saturated heterocycles. The van der Waals surface area contributed by atoms with Crippen LogP contribution < -0.4 is 14.5 Å². The van der Waals surface area contributed by atoms with Gasteiger partial charge in [0, 0.05) is 39.3 Å². The van der Waals surface area contributed by atoms with Gasteiger partial charge < -0.3 is 14.5 Å². The second-order valence-electron chi connectivity index (χ2n) is 6.56. The minimum Gasteiger partial charge on any atom is -0.492 e. The summed E-state index contributed by atoms with van der Waals surface area (Å²) in [4.78, 5) is 34.9. The molecule has 0 N–H and O–H groups in total. The van der Waals surface area contributed by atoms with Gasteiger partial charge in [0.2, 0.25) is 11.8 Å². The molecule has 2 aromatic rings. The predicted molar refractivity (Wildman–Crippen MR) is 109 cm³/mol. The fourth-order valence-corrected chi connectivity index (χ4v) is 3.28. The van der Waals surface area contributed by atoms with Crippen LogP contribution in [0.5, 0.6) is 5.75 Å². The Bertz CT molecular complexity index is 804. The van der Waals surface area contributed by atoms with Gasteiger partial charge in [0.25, 0.3) is 0 Å². The van der Waals surface area contributed by atoms with Crippen molar-refractivity contribution in [1.82, 2.24) is 9.88 Å². The molecule has 2 heterocycles. The van der Waals surface area contributed by atoms with E-state index in [4.69, 9.17) is 4.74 Å².